The summed E-state index contributed by atoms with van der Waals surface area (Å²) < 4.78 is 0. The van der Waals surface area contributed by atoms with E-state index in [1.807, 2.05) is 30.3 Å². The molecule has 0 atom stereocenters. The molecule has 0 aliphatic rings. The number of amides is 1. The number of fused-ring (bicyclic) bond motifs is 1. The van der Waals surface area contributed by atoms with E-state index >= 15 is 0 Å². The molecule has 0 saturated heterocycles. The maximum Gasteiger partial charge on any atom is 0.239 e. The van der Waals surface area contributed by atoms with E-state index < -0.39 is 5.54 Å². The summed E-state index contributed by atoms with van der Waals surface area (Å²) in [7, 11) is 0. The van der Waals surface area contributed by atoms with Gasteiger partial charge in [0.05, 0.1) is 11.1 Å². The van der Waals surface area contributed by atoms with Crippen LogP contribution < -0.4 is 11.1 Å². The molecule has 0 radical (unpaired) electrons. The fourth-order valence-corrected chi connectivity index (χ4v) is 1.91. The molecule has 0 aliphatic heterocycles. The van der Waals surface area contributed by atoms with Gasteiger partial charge < -0.3 is 11.1 Å². The highest BCUT2D eigenvalue weighted by molar-refractivity contribution is 5.85. The van der Waals surface area contributed by atoms with Crippen LogP contribution in [0.2, 0.25) is 0 Å². The molecular formula is C15H19N3O. The summed E-state index contributed by atoms with van der Waals surface area (Å²) in [5.74, 6) is -0.138. The van der Waals surface area contributed by atoms with Crippen molar-refractivity contribution in [3.05, 3.63) is 42.1 Å². The van der Waals surface area contributed by atoms with Gasteiger partial charge in [0.1, 0.15) is 0 Å². The Bertz CT molecular complexity index is 582. The number of para-hydroxylation sites is 1. The van der Waals surface area contributed by atoms with Gasteiger partial charge in [-0.05, 0) is 31.9 Å². The van der Waals surface area contributed by atoms with E-state index in [1.54, 1.807) is 20.0 Å². The molecule has 0 bridgehead atoms. The van der Waals surface area contributed by atoms with Gasteiger partial charge in [-0.25, -0.2) is 0 Å². The Balaban J connectivity index is 2.05. The topological polar surface area (TPSA) is 68.0 Å². The summed E-state index contributed by atoms with van der Waals surface area (Å²) in [4.78, 5) is 16.1. The van der Waals surface area contributed by atoms with Crippen molar-refractivity contribution in [3.8, 4) is 0 Å². The molecule has 0 fully saturated rings. The summed E-state index contributed by atoms with van der Waals surface area (Å²) in [6.45, 7) is 3.96. The molecule has 3 N–H and O–H groups in total. The van der Waals surface area contributed by atoms with Gasteiger partial charge in [-0.2, -0.15) is 0 Å². The van der Waals surface area contributed by atoms with Crippen LogP contribution in [0, 0.1) is 0 Å². The van der Waals surface area contributed by atoms with Crippen molar-refractivity contribution in [1.29, 1.82) is 0 Å². The van der Waals surface area contributed by atoms with Crippen LogP contribution in [-0.2, 0) is 11.2 Å². The van der Waals surface area contributed by atoms with Gasteiger partial charge in [-0.3, -0.25) is 9.78 Å². The number of aromatic nitrogens is 1. The smallest absolute Gasteiger partial charge is 0.239 e. The molecule has 100 valence electrons. The second kappa shape index (κ2) is 5.36. The molecule has 1 amide bonds. The van der Waals surface area contributed by atoms with Crippen LogP contribution in [0.4, 0.5) is 0 Å². The number of benzene rings is 1. The first kappa shape index (κ1) is 13.5. The van der Waals surface area contributed by atoms with Crippen LogP contribution in [0.5, 0.6) is 0 Å². The molecule has 4 heteroatoms. The van der Waals surface area contributed by atoms with Gasteiger partial charge in [0.2, 0.25) is 5.91 Å². The first-order valence-corrected chi connectivity index (χ1v) is 6.38. The number of nitrogens with one attached hydrogen (secondary N) is 1. The average Bonchev–Trinajstić information content (AvgIpc) is 2.38. The van der Waals surface area contributed by atoms with Gasteiger partial charge in [-0.15, -0.1) is 0 Å². The van der Waals surface area contributed by atoms with Gasteiger partial charge in [0.15, 0.2) is 0 Å². The van der Waals surface area contributed by atoms with Crippen molar-refractivity contribution in [2.75, 3.05) is 6.54 Å². The summed E-state index contributed by atoms with van der Waals surface area (Å²) in [5, 5.41) is 3.96. The molecule has 0 spiro atoms. The first-order chi connectivity index (χ1) is 8.98. The van der Waals surface area contributed by atoms with E-state index in [1.165, 1.54) is 0 Å². The second-order valence-corrected chi connectivity index (χ2v) is 5.22. The lowest BCUT2D eigenvalue weighted by Crippen LogP contribution is -2.49. The fraction of sp³-hybridized carbons (Fsp3) is 0.333. The third-order valence-electron chi connectivity index (χ3n) is 2.98. The lowest BCUT2D eigenvalue weighted by molar-refractivity contribution is -0.125. The number of nitrogens with two attached hydrogens (primary N) is 1. The zero-order valence-corrected chi connectivity index (χ0v) is 11.3. The minimum Gasteiger partial charge on any atom is -0.354 e. The predicted octanol–water partition coefficient (Wildman–Crippen LogP) is 1.63. The highest BCUT2D eigenvalue weighted by Gasteiger charge is 2.20. The molecule has 19 heavy (non-hydrogen) atoms. The molecule has 4 nitrogen and oxygen atoms in total. The van der Waals surface area contributed by atoms with Crippen molar-refractivity contribution in [1.82, 2.24) is 10.3 Å². The van der Waals surface area contributed by atoms with Crippen LogP contribution in [0.1, 0.15) is 19.4 Å². The van der Waals surface area contributed by atoms with Crippen molar-refractivity contribution in [3.63, 3.8) is 0 Å². The molecule has 2 aromatic rings. The Morgan fingerprint density at radius 3 is 2.79 bits per heavy atom. The highest BCUT2D eigenvalue weighted by atomic mass is 16.2. The minimum absolute atomic E-state index is 0.138. The molecule has 0 unspecified atom stereocenters. The van der Waals surface area contributed by atoms with Crippen LogP contribution in [0.3, 0.4) is 0 Å². The van der Waals surface area contributed by atoms with E-state index in [0.717, 1.165) is 22.9 Å². The number of hydrogen-bond acceptors (Lipinski definition) is 3. The highest BCUT2D eigenvalue weighted by Crippen LogP contribution is 2.15. The van der Waals surface area contributed by atoms with Gasteiger partial charge in [-0.1, -0.05) is 24.3 Å². The average molecular weight is 257 g/mol. The predicted molar refractivity (Wildman–Crippen MR) is 76.7 cm³/mol. The second-order valence-electron chi connectivity index (χ2n) is 5.22. The first-order valence-electron chi connectivity index (χ1n) is 6.38. The molecule has 0 saturated carbocycles. The third kappa shape index (κ3) is 3.29. The van der Waals surface area contributed by atoms with Crippen molar-refractivity contribution in [2.24, 2.45) is 5.73 Å². The molecule has 1 aromatic carbocycles. The van der Waals surface area contributed by atoms with Crippen molar-refractivity contribution >= 4 is 16.8 Å². The monoisotopic (exact) mass is 257 g/mol. The maximum atomic E-state index is 11.7. The van der Waals surface area contributed by atoms with Gasteiger partial charge >= 0.3 is 0 Å². The van der Waals surface area contributed by atoms with Crippen LogP contribution >= 0.6 is 0 Å². The van der Waals surface area contributed by atoms with E-state index in [0.29, 0.717) is 6.54 Å². The number of pyridine rings is 1. The van der Waals surface area contributed by atoms with Crippen LogP contribution in [-0.4, -0.2) is 23.0 Å². The summed E-state index contributed by atoms with van der Waals surface area (Å²) in [5.41, 5.74) is 7.01. The van der Waals surface area contributed by atoms with E-state index in [-0.39, 0.29) is 5.91 Å². The van der Waals surface area contributed by atoms with Crippen molar-refractivity contribution < 1.29 is 4.79 Å². The molecule has 2 rings (SSSR count). The summed E-state index contributed by atoms with van der Waals surface area (Å²) >= 11 is 0. The molecule has 0 aliphatic carbocycles. The largest absolute Gasteiger partial charge is 0.354 e. The molecular weight excluding hydrogens is 238 g/mol. The minimum atomic E-state index is -0.836. The molecule has 1 aromatic heterocycles. The Morgan fingerprint density at radius 2 is 2.05 bits per heavy atom. The van der Waals surface area contributed by atoms with E-state index in [9.17, 15) is 4.79 Å². The molecule has 1 heterocycles. The van der Waals surface area contributed by atoms with Gasteiger partial charge in [0, 0.05) is 18.1 Å². The zero-order valence-electron chi connectivity index (χ0n) is 11.3. The van der Waals surface area contributed by atoms with Crippen LogP contribution in [0.25, 0.3) is 10.9 Å². The normalized spacial score (nSPS) is 11.5. The van der Waals surface area contributed by atoms with Gasteiger partial charge in [0.25, 0.3) is 0 Å². The maximum absolute atomic E-state index is 11.7. The third-order valence-corrected chi connectivity index (χ3v) is 2.98. The van der Waals surface area contributed by atoms with Crippen molar-refractivity contribution in [2.45, 2.75) is 25.8 Å². The standard InChI is InChI=1S/C15H19N3O/c1-15(2,16)14(19)18-10-8-12-6-3-5-11-7-4-9-17-13(11)12/h3-7,9H,8,10,16H2,1-2H3,(H,18,19). The van der Waals surface area contributed by atoms with Crippen LogP contribution in [0.15, 0.2) is 36.5 Å². The number of hydrogen-bond donors (Lipinski definition) is 2. The Morgan fingerprint density at radius 1 is 1.32 bits per heavy atom. The number of carbonyl (C=O) groups excluding carboxylic acids is 1. The number of nitrogens with zero attached hydrogens (tertiary/aromatic N) is 1. The van der Waals surface area contributed by atoms with E-state index in [2.05, 4.69) is 10.3 Å². The summed E-state index contributed by atoms with van der Waals surface area (Å²) in [6, 6.07) is 10.0. The summed E-state index contributed by atoms with van der Waals surface area (Å²) in [6.07, 6.45) is 2.53. The lowest BCUT2D eigenvalue weighted by Gasteiger charge is -2.17. The number of carbonyl (C=O) groups is 1. The Labute approximate surface area is 113 Å². The van der Waals surface area contributed by atoms with E-state index in [4.69, 9.17) is 5.73 Å². The quantitative estimate of drug-likeness (QED) is 0.874. The Hall–Kier alpha value is -1.94. The zero-order chi connectivity index (χ0) is 13.9. The Kier molecular flexibility index (Phi) is 3.81. The fourth-order valence-electron chi connectivity index (χ4n) is 1.91. The lowest BCUT2D eigenvalue weighted by atomic mass is 10.1. The SMILES string of the molecule is CC(C)(N)C(=O)NCCc1cccc2cccnc12. The number of rotatable bonds is 4.